The number of carbonyl (C=O) groups excluding carboxylic acids is 1. The number of carbonyl (C=O) groups is 1. The van der Waals surface area contributed by atoms with E-state index in [1.54, 1.807) is 7.11 Å². The van der Waals surface area contributed by atoms with Crippen LogP contribution in [0.4, 0.5) is 0 Å². The Hall–Kier alpha value is -0.650. The molecular formula is C15H28N2O3. The molecule has 0 unspecified atom stereocenters. The molecule has 5 nitrogen and oxygen atoms in total. The smallest absolute Gasteiger partial charge is 0.250 e. The molecule has 0 spiro atoms. The van der Waals surface area contributed by atoms with E-state index >= 15 is 0 Å². The molecular weight excluding hydrogens is 256 g/mol. The zero-order valence-electron chi connectivity index (χ0n) is 13.1. The molecule has 0 aromatic carbocycles. The standard InChI is InChI=1S/C15H28N2O3/c1-5-15(6-2)12(9-13(15)19-4)16-14(18)11-10-17(3)7-8-20-11/h11-13H,5-10H2,1-4H3,(H,16,18)/t11-,12-,13-/m1/s1. The van der Waals surface area contributed by atoms with E-state index in [9.17, 15) is 4.79 Å². The van der Waals surface area contributed by atoms with Crippen LogP contribution in [0.25, 0.3) is 0 Å². The van der Waals surface area contributed by atoms with Gasteiger partial charge in [-0.1, -0.05) is 13.8 Å². The number of methoxy groups -OCH3 is 1. The molecule has 1 saturated heterocycles. The van der Waals surface area contributed by atoms with Crippen LogP contribution in [0.2, 0.25) is 0 Å². The van der Waals surface area contributed by atoms with Crippen LogP contribution in [0.5, 0.6) is 0 Å². The minimum Gasteiger partial charge on any atom is -0.381 e. The predicted octanol–water partition coefficient (Wildman–Crippen LogP) is 1.03. The molecule has 2 fully saturated rings. The van der Waals surface area contributed by atoms with Crippen LogP contribution in [-0.4, -0.2) is 62.9 Å². The highest BCUT2D eigenvalue weighted by molar-refractivity contribution is 5.81. The fraction of sp³-hybridized carbons (Fsp3) is 0.933. The molecule has 5 heteroatoms. The summed E-state index contributed by atoms with van der Waals surface area (Å²) in [6.45, 7) is 6.56. The highest BCUT2D eigenvalue weighted by Crippen LogP contribution is 2.48. The molecule has 2 rings (SSSR count). The van der Waals surface area contributed by atoms with Crippen molar-refractivity contribution in [3.8, 4) is 0 Å². The van der Waals surface area contributed by atoms with Gasteiger partial charge in [-0.3, -0.25) is 4.79 Å². The van der Waals surface area contributed by atoms with Gasteiger partial charge in [-0.05, 0) is 26.3 Å². The van der Waals surface area contributed by atoms with Gasteiger partial charge in [0.2, 0.25) is 0 Å². The Balaban J connectivity index is 1.94. The summed E-state index contributed by atoms with van der Waals surface area (Å²) in [6.07, 6.45) is 2.89. The Morgan fingerprint density at radius 2 is 2.15 bits per heavy atom. The van der Waals surface area contributed by atoms with Gasteiger partial charge in [0.05, 0.1) is 12.7 Å². The molecule has 0 radical (unpaired) electrons. The molecule has 1 heterocycles. The van der Waals surface area contributed by atoms with Crippen molar-refractivity contribution in [3.05, 3.63) is 0 Å². The fourth-order valence-electron chi connectivity index (χ4n) is 3.68. The van der Waals surface area contributed by atoms with Crippen LogP contribution in [0.1, 0.15) is 33.1 Å². The topological polar surface area (TPSA) is 50.8 Å². The van der Waals surface area contributed by atoms with Crippen molar-refractivity contribution in [2.45, 2.75) is 51.4 Å². The maximum Gasteiger partial charge on any atom is 0.250 e. The lowest BCUT2D eigenvalue weighted by Gasteiger charge is -2.55. The van der Waals surface area contributed by atoms with Gasteiger partial charge in [0.25, 0.3) is 5.91 Å². The first-order chi connectivity index (χ1) is 9.57. The van der Waals surface area contributed by atoms with Crippen molar-refractivity contribution >= 4 is 5.91 Å². The maximum absolute atomic E-state index is 12.4. The van der Waals surface area contributed by atoms with Gasteiger partial charge in [-0.2, -0.15) is 0 Å². The molecule has 1 amide bonds. The van der Waals surface area contributed by atoms with E-state index in [-0.39, 0.29) is 29.6 Å². The Morgan fingerprint density at radius 1 is 1.45 bits per heavy atom. The van der Waals surface area contributed by atoms with Crippen LogP contribution in [-0.2, 0) is 14.3 Å². The summed E-state index contributed by atoms with van der Waals surface area (Å²) in [5.41, 5.74) is 0.0883. The third kappa shape index (κ3) is 2.71. The van der Waals surface area contributed by atoms with E-state index in [4.69, 9.17) is 9.47 Å². The number of rotatable bonds is 5. The predicted molar refractivity (Wildman–Crippen MR) is 77.6 cm³/mol. The van der Waals surface area contributed by atoms with Gasteiger partial charge >= 0.3 is 0 Å². The van der Waals surface area contributed by atoms with E-state index in [2.05, 4.69) is 24.1 Å². The van der Waals surface area contributed by atoms with Crippen molar-refractivity contribution in [1.82, 2.24) is 10.2 Å². The lowest BCUT2D eigenvalue weighted by Crippen LogP contribution is -2.65. The average molecular weight is 284 g/mol. The number of nitrogens with one attached hydrogen (secondary N) is 1. The lowest BCUT2D eigenvalue weighted by molar-refractivity contribution is -0.152. The van der Waals surface area contributed by atoms with E-state index < -0.39 is 0 Å². The van der Waals surface area contributed by atoms with Crippen molar-refractivity contribution in [1.29, 1.82) is 0 Å². The summed E-state index contributed by atoms with van der Waals surface area (Å²) < 4.78 is 11.2. The molecule has 0 bridgehead atoms. The summed E-state index contributed by atoms with van der Waals surface area (Å²) >= 11 is 0. The Kier molecular flexibility index (Phi) is 5.04. The first-order valence-electron chi connectivity index (χ1n) is 7.70. The Bertz CT molecular complexity index is 344. The van der Waals surface area contributed by atoms with Crippen molar-refractivity contribution in [2.24, 2.45) is 5.41 Å². The highest BCUT2D eigenvalue weighted by Gasteiger charge is 2.53. The minimum absolute atomic E-state index is 0.0300. The summed E-state index contributed by atoms with van der Waals surface area (Å²) in [6, 6.07) is 0.214. The lowest BCUT2D eigenvalue weighted by atomic mass is 9.58. The number of hydrogen-bond donors (Lipinski definition) is 1. The highest BCUT2D eigenvalue weighted by atomic mass is 16.5. The van der Waals surface area contributed by atoms with Crippen molar-refractivity contribution in [3.63, 3.8) is 0 Å². The minimum atomic E-state index is -0.332. The molecule has 0 aromatic heterocycles. The maximum atomic E-state index is 12.4. The zero-order chi connectivity index (χ0) is 14.8. The van der Waals surface area contributed by atoms with E-state index in [0.29, 0.717) is 13.2 Å². The number of likely N-dealkylation sites (N-methyl/N-ethyl adjacent to an activating group) is 1. The summed E-state index contributed by atoms with van der Waals surface area (Å²) in [7, 11) is 3.79. The van der Waals surface area contributed by atoms with E-state index in [1.165, 1.54) is 0 Å². The molecule has 1 saturated carbocycles. The first kappa shape index (κ1) is 15.7. The molecule has 3 atom stereocenters. The molecule has 1 aliphatic carbocycles. The van der Waals surface area contributed by atoms with Crippen LogP contribution in [0.15, 0.2) is 0 Å². The molecule has 1 N–H and O–H groups in total. The number of amides is 1. The first-order valence-corrected chi connectivity index (χ1v) is 7.70. The van der Waals surface area contributed by atoms with Crippen LogP contribution in [0, 0.1) is 5.41 Å². The zero-order valence-corrected chi connectivity index (χ0v) is 13.1. The quantitative estimate of drug-likeness (QED) is 0.819. The summed E-state index contributed by atoms with van der Waals surface area (Å²) in [5.74, 6) is 0.0300. The van der Waals surface area contributed by atoms with Gasteiger partial charge < -0.3 is 19.7 Å². The van der Waals surface area contributed by atoms with Crippen LogP contribution < -0.4 is 5.32 Å². The van der Waals surface area contributed by atoms with E-state index in [0.717, 1.165) is 25.8 Å². The second-order valence-corrected chi connectivity index (χ2v) is 6.08. The van der Waals surface area contributed by atoms with Gasteiger partial charge in [0.15, 0.2) is 0 Å². The fourth-order valence-corrected chi connectivity index (χ4v) is 3.68. The monoisotopic (exact) mass is 284 g/mol. The van der Waals surface area contributed by atoms with Gasteiger partial charge in [-0.15, -0.1) is 0 Å². The second-order valence-electron chi connectivity index (χ2n) is 6.08. The number of hydrogen-bond acceptors (Lipinski definition) is 4. The summed E-state index contributed by atoms with van der Waals surface area (Å²) in [5, 5.41) is 3.19. The van der Waals surface area contributed by atoms with Crippen LogP contribution >= 0.6 is 0 Å². The normalized spacial score (nSPS) is 33.5. The second kappa shape index (κ2) is 6.41. The molecule has 1 aliphatic heterocycles. The largest absolute Gasteiger partial charge is 0.381 e. The number of morpholine rings is 1. The van der Waals surface area contributed by atoms with E-state index in [1.807, 2.05) is 7.05 Å². The Labute approximate surface area is 122 Å². The SMILES string of the molecule is CCC1(CC)[C@H](NC(=O)[C@H]2CN(C)CCO2)C[C@H]1OC. The van der Waals surface area contributed by atoms with Crippen molar-refractivity contribution < 1.29 is 14.3 Å². The van der Waals surface area contributed by atoms with Crippen LogP contribution in [0.3, 0.4) is 0 Å². The number of nitrogens with zero attached hydrogens (tertiary/aromatic N) is 1. The molecule has 20 heavy (non-hydrogen) atoms. The van der Waals surface area contributed by atoms with Gasteiger partial charge in [-0.25, -0.2) is 0 Å². The molecule has 0 aromatic rings. The molecule has 2 aliphatic rings. The van der Waals surface area contributed by atoms with Gasteiger partial charge in [0.1, 0.15) is 6.10 Å². The Morgan fingerprint density at radius 3 is 2.70 bits per heavy atom. The summed E-state index contributed by atoms with van der Waals surface area (Å²) in [4.78, 5) is 14.5. The van der Waals surface area contributed by atoms with Crippen molar-refractivity contribution in [2.75, 3.05) is 33.9 Å². The number of ether oxygens (including phenoxy) is 2. The van der Waals surface area contributed by atoms with Gasteiger partial charge in [0, 0.05) is 31.7 Å². The average Bonchev–Trinajstić information content (AvgIpc) is 2.44. The molecule has 116 valence electrons. The third-order valence-corrected chi connectivity index (χ3v) is 5.26. The third-order valence-electron chi connectivity index (χ3n) is 5.26.